The highest BCUT2D eigenvalue weighted by Crippen LogP contribution is 2.20. The molecule has 7 amide bonds. The van der Waals surface area contributed by atoms with Crippen LogP contribution < -0.4 is 43.0 Å². The molecule has 1 aliphatic heterocycles. The number of fused-ring (bicyclic) bond motifs is 1. The van der Waals surface area contributed by atoms with E-state index >= 15 is 0 Å². The number of hydrogen-bond acceptors (Lipinski definition) is 8. The number of hydrogen-bond donors (Lipinski definition) is 9. The molecule has 0 aliphatic carbocycles. The van der Waals surface area contributed by atoms with Gasteiger partial charge in [0.1, 0.15) is 36.3 Å². The predicted molar refractivity (Wildman–Crippen MR) is 218 cm³/mol. The highest BCUT2D eigenvalue weighted by Gasteiger charge is 2.36. The Labute approximate surface area is 336 Å². The number of rotatable bonds is 15. The van der Waals surface area contributed by atoms with Crippen molar-refractivity contribution >= 4 is 52.3 Å². The van der Waals surface area contributed by atoms with Gasteiger partial charge in [-0.15, -0.1) is 0 Å². The average molecular weight is 796 g/mol. The molecule has 0 bridgehead atoms. The van der Waals surface area contributed by atoms with Crippen molar-refractivity contribution in [3.63, 3.8) is 0 Å². The fourth-order valence-electron chi connectivity index (χ4n) is 6.74. The van der Waals surface area contributed by atoms with Crippen LogP contribution in [-0.2, 0) is 40.0 Å². The minimum absolute atomic E-state index is 0.0285. The molecule has 1 saturated heterocycles. The van der Waals surface area contributed by atoms with Crippen molar-refractivity contribution in [3.05, 3.63) is 36.0 Å². The van der Waals surface area contributed by atoms with Crippen LogP contribution in [0.3, 0.4) is 0 Å². The lowest BCUT2D eigenvalue weighted by Crippen LogP contribution is -2.62. The molecule has 0 saturated carbocycles. The maximum absolute atomic E-state index is 14.3. The van der Waals surface area contributed by atoms with Crippen molar-refractivity contribution in [2.24, 2.45) is 23.5 Å². The molecular formula is C41H65N9O7. The Morgan fingerprint density at radius 2 is 1.21 bits per heavy atom. The SMILES string of the molecule is CCCCNC(=O)C[C@@H]1NC(=O)[C@H](C(C)C)NC(=O)[C@@H](CC(C)C)NC(=O)[C@H](CC(C)C)NC(=O)[C@H](Cc2c[nH]c3ccccc23)NC(=O)[C@@H](CCCN)NC1=O. The van der Waals surface area contributed by atoms with Crippen LogP contribution in [0.25, 0.3) is 10.9 Å². The summed E-state index contributed by atoms with van der Waals surface area (Å²) in [7, 11) is 0. The first-order valence-corrected chi connectivity index (χ1v) is 20.4. The third kappa shape index (κ3) is 14.5. The standard InChI is InChI=1S/C41H65N9O7/c1-8-9-17-43-34(51)21-33-39(55)45-29(15-12-16-42)36(52)48-32(20-26-22-44-28-14-11-10-13-27(26)28)38(54)46-30(18-23(2)3)37(53)47-31(19-24(4)5)40(56)50-35(25(6)7)41(57)49-33/h10-11,13-14,22-25,29-33,35,44H,8-9,12,15-21,42H2,1-7H3,(H,43,51)(H,45,55)(H,46,54)(H,47,53)(H,48,52)(H,49,57)(H,50,56)/t29-,30+,31-,32+,33+,35+/m1/s1. The third-order valence-electron chi connectivity index (χ3n) is 9.86. The van der Waals surface area contributed by atoms with E-state index in [9.17, 15) is 33.6 Å². The molecule has 1 aliphatic rings. The molecule has 1 fully saturated rings. The number of para-hydroxylation sites is 1. The van der Waals surface area contributed by atoms with Crippen molar-refractivity contribution < 1.29 is 33.6 Å². The van der Waals surface area contributed by atoms with Gasteiger partial charge in [0, 0.05) is 30.1 Å². The number of carbonyl (C=O) groups excluding carboxylic acids is 7. The smallest absolute Gasteiger partial charge is 0.243 e. The molecule has 1 aromatic heterocycles. The number of benzene rings is 1. The molecular weight excluding hydrogens is 731 g/mol. The van der Waals surface area contributed by atoms with Crippen LogP contribution in [0.1, 0.15) is 99.0 Å². The molecule has 10 N–H and O–H groups in total. The van der Waals surface area contributed by atoms with Crippen LogP contribution in [0, 0.1) is 17.8 Å². The van der Waals surface area contributed by atoms with Gasteiger partial charge in [-0.25, -0.2) is 0 Å². The summed E-state index contributed by atoms with van der Waals surface area (Å²) in [5.41, 5.74) is 7.37. The van der Waals surface area contributed by atoms with E-state index in [0.29, 0.717) is 19.4 Å². The van der Waals surface area contributed by atoms with Gasteiger partial charge in [-0.1, -0.05) is 73.1 Å². The molecule has 0 spiro atoms. The zero-order valence-electron chi connectivity index (χ0n) is 34.6. The number of carbonyl (C=O) groups is 7. The molecule has 3 rings (SSSR count). The molecule has 316 valence electrons. The van der Waals surface area contributed by atoms with E-state index in [1.807, 2.05) is 58.9 Å². The molecule has 1 aromatic carbocycles. The average Bonchev–Trinajstić information content (AvgIpc) is 3.55. The zero-order valence-corrected chi connectivity index (χ0v) is 34.6. The summed E-state index contributed by atoms with van der Waals surface area (Å²) >= 11 is 0. The van der Waals surface area contributed by atoms with E-state index in [-0.39, 0.29) is 44.1 Å². The number of H-pyrrole nitrogens is 1. The largest absolute Gasteiger partial charge is 0.361 e. The van der Waals surface area contributed by atoms with Crippen molar-refractivity contribution in [2.75, 3.05) is 13.1 Å². The van der Waals surface area contributed by atoms with E-state index in [1.165, 1.54) is 0 Å². The molecule has 6 atom stereocenters. The normalized spacial score (nSPS) is 23.3. The summed E-state index contributed by atoms with van der Waals surface area (Å²) in [6.07, 6.45) is 3.71. The summed E-state index contributed by atoms with van der Waals surface area (Å²) < 4.78 is 0. The number of aromatic nitrogens is 1. The summed E-state index contributed by atoms with van der Waals surface area (Å²) in [5.74, 6) is -5.14. The Bertz CT molecular complexity index is 1690. The van der Waals surface area contributed by atoms with Gasteiger partial charge in [-0.3, -0.25) is 33.6 Å². The number of aromatic amines is 1. The van der Waals surface area contributed by atoms with E-state index in [2.05, 4.69) is 42.2 Å². The van der Waals surface area contributed by atoms with Crippen molar-refractivity contribution in [2.45, 2.75) is 136 Å². The minimum atomic E-state index is -1.43. The predicted octanol–water partition coefficient (Wildman–Crippen LogP) is 1.43. The topological polar surface area (TPSA) is 246 Å². The summed E-state index contributed by atoms with van der Waals surface area (Å²) in [5, 5.41) is 20.2. The van der Waals surface area contributed by atoms with E-state index in [1.54, 1.807) is 20.0 Å². The Hall–Kier alpha value is -4.99. The first-order chi connectivity index (χ1) is 27.0. The van der Waals surface area contributed by atoms with Gasteiger partial charge in [0.05, 0.1) is 6.42 Å². The lowest BCUT2D eigenvalue weighted by Gasteiger charge is -2.30. The second-order valence-electron chi connectivity index (χ2n) is 16.2. The van der Waals surface area contributed by atoms with E-state index < -0.39 is 89.9 Å². The molecule has 0 unspecified atom stereocenters. The Balaban J connectivity index is 2.14. The zero-order chi connectivity index (χ0) is 42.2. The highest BCUT2D eigenvalue weighted by atomic mass is 16.2. The van der Waals surface area contributed by atoms with Crippen LogP contribution >= 0.6 is 0 Å². The summed E-state index contributed by atoms with van der Waals surface area (Å²) in [6, 6.07) is 0.320. The van der Waals surface area contributed by atoms with Gasteiger partial charge < -0.3 is 47.9 Å². The lowest BCUT2D eigenvalue weighted by atomic mass is 9.97. The van der Waals surface area contributed by atoms with E-state index in [4.69, 9.17) is 5.73 Å². The summed E-state index contributed by atoms with van der Waals surface area (Å²) in [6.45, 7) is 13.5. The quantitative estimate of drug-likeness (QED) is 0.119. The first kappa shape index (κ1) is 46.4. The Morgan fingerprint density at radius 3 is 1.81 bits per heavy atom. The van der Waals surface area contributed by atoms with Crippen LogP contribution in [-0.4, -0.2) is 95.7 Å². The maximum Gasteiger partial charge on any atom is 0.243 e. The van der Waals surface area contributed by atoms with Crippen LogP contribution in [0.2, 0.25) is 0 Å². The van der Waals surface area contributed by atoms with Gasteiger partial charge in [0.25, 0.3) is 0 Å². The monoisotopic (exact) mass is 796 g/mol. The van der Waals surface area contributed by atoms with Gasteiger partial charge in [0.2, 0.25) is 41.4 Å². The number of nitrogens with two attached hydrogens (primary N) is 1. The third-order valence-corrected chi connectivity index (χ3v) is 9.86. The van der Waals surface area contributed by atoms with Crippen LogP contribution in [0.15, 0.2) is 30.5 Å². The number of amides is 7. The maximum atomic E-state index is 14.3. The fourth-order valence-corrected chi connectivity index (χ4v) is 6.74. The molecule has 2 aromatic rings. The first-order valence-electron chi connectivity index (χ1n) is 20.4. The molecule has 0 radical (unpaired) electrons. The van der Waals surface area contributed by atoms with Gasteiger partial charge in [-0.05, 0) is 68.0 Å². The number of unbranched alkanes of at least 4 members (excludes halogenated alkanes) is 1. The molecule has 2 heterocycles. The minimum Gasteiger partial charge on any atom is -0.361 e. The van der Waals surface area contributed by atoms with Gasteiger partial charge in [0.15, 0.2) is 0 Å². The lowest BCUT2D eigenvalue weighted by molar-refractivity contribution is -0.138. The van der Waals surface area contributed by atoms with Crippen LogP contribution in [0.5, 0.6) is 0 Å². The van der Waals surface area contributed by atoms with Crippen LogP contribution in [0.4, 0.5) is 0 Å². The number of nitrogens with one attached hydrogen (secondary N) is 8. The van der Waals surface area contributed by atoms with E-state index in [0.717, 1.165) is 22.9 Å². The van der Waals surface area contributed by atoms with Gasteiger partial charge >= 0.3 is 0 Å². The molecule has 57 heavy (non-hydrogen) atoms. The Kier molecular flexibility index (Phi) is 18.5. The van der Waals surface area contributed by atoms with Crippen molar-refractivity contribution in [3.8, 4) is 0 Å². The highest BCUT2D eigenvalue weighted by molar-refractivity contribution is 5.99. The Morgan fingerprint density at radius 1 is 0.684 bits per heavy atom. The van der Waals surface area contributed by atoms with Crippen molar-refractivity contribution in [1.82, 2.24) is 42.2 Å². The molecule has 16 heteroatoms. The fraction of sp³-hybridized carbons (Fsp3) is 0.634. The van der Waals surface area contributed by atoms with Gasteiger partial charge in [-0.2, -0.15) is 0 Å². The second-order valence-corrected chi connectivity index (χ2v) is 16.2. The molecule has 16 nitrogen and oxygen atoms in total. The second kappa shape index (κ2) is 22.7. The van der Waals surface area contributed by atoms with Crippen molar-refractivity contribution in [1.29, 1.82) is 0 Å². The summed E-state index contributed by atoms with van der Waals surface area (Å²) in [4.78, 5) is 101.